The van der Waals surface area contributed by atoms with Crippen LogP contribution in [0.2, 0.25) is 0 Å². The number of piperidine rings is 2. The lowest BCUT2D eigenvalue weighted by Gasteiger charge is -2.28. The summed E-state index contributed by atoms with van der Waals surface area (Å²) < 4.78 is 57.9. The molecule has 3 fully saturated rings. The number of amides is 1. The van der Waals surface area contributed by atoms with Crippen LogP contribution in [-0.4, -0.2) is 80.1 Å². The predicted molar refractivity (Wildman–Crippen MR) is 115 cm³/mol. The molecule has 31 heavy (non-hydrogen) atoms. The highest BCUT2D eigenvalue weighted by Gasteiger charge is 2.37. The molecule has 0 bridgehead atoms. The molecule has 0 aromatic carbocycles. The molecule has 0 unspecified atom stereocenters. The first-order valence-electron chi connectivity index (χ1n) is 11.3. The van der Waals surface area contributed by atoms with Crippen LogP contribution in [0.4, 0.5) is 0 Å². The number of hydrogen-bond donors (Lipinski definition) is 0. The van der Waals surface area contributed by atoms with Gasteiger partial charge in [-0.15, -0.1) is 0 Å². The van der Waals surface area contributed by atoms with Gasteiger partial charge in [0.15, 0.2) is 0 Å². The molecule has 4 rings (SSSR count). The number of likely N-dealkylation sites (tertiary alicyclic amines) is 1. The highest BCUT2D eigenvalue weighted by Crippen LogP contribution is 2.31. The minimum absolute atomic E-state index is 0.0575. The van der Waals surface area contributed by atoms with Gasteiger partial charge >= 0.3 is 0 Å². The molecule has 0 atom stereocenters. The second kappa shape index (κ2) is 9.21. The van der Waals surface area contributed by atoms with Crippen molar-refractivity contribution in [3.05, 3.63) is 12.4 Å². The molecule has 0 spiro atoms. The first kappa shape index (κ1) is 22.8. The molecule has 174 valence electrons. The van der Waals surface area contributed by atoms with Crippen molar-refractivity contribution in [3.8, 4) is 0 Å². The second-order valence-corrected chi connectivity index (χ2v) is 12.5. The van der Waals surface area contributed by atoms with E-state index in [2.05, 4.69) is 0 Å². The maximum absolute atomic E-state index is 13.4. The van der Waals surface area contributed by atoms with Crippen molar-refractivity contribution in [1.82, 2.24) is 18.1 Å². The standard InChI is InChI=1S/C20H32N4O5S2/c25-20(22-9-7-8-10-22)17-21-15-18(30(26,27)23-11-3-1-4-12-23)19(16-21)31(28,29)24-13-5-2-6-14-24/h15-16H,1-14,17H2. The Bertz CT molecular complexity index is 935. The van der Waals surface area contributed by atoms with E-state index >= 15 is 0 Å². The smallest absolute Gasteiger partial charge is 0.245 e. The van der Waals surface area contributed by atoms with Gasteiger partial charge in [0.05, 0.1) is 0 Å². The van der Waals surface area contributed by atoms with E-state index in [9.17, 15) is 21.6 Å². The number of rotatable bonds is 6. The zero-order chi connectivity index (χ0) is 22.1. The van der Waals surface area contributed by atoms with Crippen molar-refractivity contribution in [2.75, 3.05) is 39.3 Å². The van der Waals surface area contributed by atoms with E-state index in [1.165, 1.54) is 25.6 Å². The lowest BCUT2D eigenvalue weighted by atomic mass is 10.2. The van der Waals surface area contributed by atoms with E-state index in [0.29, 0.717) is 39.3 Å². The van der Waals surface area contributed by atoms with Crippen LogP contribution in [0.1, 0.15) is 51.4 Å². The molecule has 9 nitrogen and oxygen atoms in total. The van der Waals surface area contributed by atoms with Gasteiger partial charge in [0.25, 0.3) is 0 Å². The molecule has 3 saturated heterocycles. The molecule has 3 aliphatic rings. The number of carbonyl (C=O) groups is 1. The highest BCUT2D eigenvalue weighted by atomic mass is 32.2. The van der Waals surface area contributed by atoms with Crippen molar-refractivity contribution in [2.24, 2.45) is 0 Å². The molecule has 4 heterocycles. The molecular weight excluding hydrogens is 440 g/mol. The SMILES string of the molecule is O=C(Cn1cc(S(=O)(=O)N2CCCCC2)c(S(=O)(=O)N2CCCCC2)c1)N1CCCC1. The average molecular weight is 473 g/mol. The Morgan fingerprint density at radius 1 is 0.645 bits per heavy atom. The topological polar surface area (TPSA) is 100 Å². The molecule has 11 heteroatoms. The molecule has 1 aromatic heterocycles. The predicted octanol–water partition coefficient (Wildman–Crippen LogP) is 1.46. The number of hydrogen-bond acceptors (Lipinski definition) is 5. The summed E-state index contributed by atoms with van der Waals surface area (Å²) in [6.07, 6.45) is 9.60. The Labute approximate surface area is 185 Å². The Morgan fingerprint density at radius 3 is 1.45 bits per heavy atom. The normalized spacial score (nSPS) is 22.1. The van der Waals surface area contributed by atoms with Crippen LogP contribution in [0, 0.1) is 0 Å². The number of carbonyl (C=O) groups excluding carboxylic acids is 1. The van der Waals surface area contributed by atoms with E-state index < -0.39 is 20.0 Å². The summed E-state index contributed by atoms with van der Waals surface area (Å²) in [5.41, 5.74) is 0. The fourth-order valence-corrected chi connectivity index (χ4v) is 8.47. The Balaban J connectivity index is 1.70. The van der Waals surface area contributed by atoms with Gasteiger partial charge in [0, 0.05) is 51.7 Å². The van der Waals surface area contributed by atoms with Crippen LogP contribution < -0.4 is 0 Å². The third-order valence-corrected chi connectivity index (χ3v) is 10.4. The monoisotopic (exact) mass is 472 g/mol. The zero-order valence-electron chi connectivity index (χ0n) is 17.9. The van der Waals surface area contributed by atoms with Crippen molar-refractivity contribution >= 4 is 26.0 Å². The quantitative estimate of drug-likeness (QED) is 0.624. The Morgan fingerprint density at radius 2 is 1.03 bits per heavy atom. The average Bonchev–Trinajstić information content (AvgIpc) is 3.46. The van der Waals surface area contributed by atoms with Crippen LogP contribution in [0.25, 0.3) is 0 Å². The van der Waals surface area contributed by atoms with Gasteiger partial charge in [-0.3, -0.25) is 4.79 Å². The molecule has 0 aliphatic carbocycles. The molecular formula is C20H32N4O5S2. The van der Waals surface area contributed by atoms with E-state index in [4.69, 9.17) is 0 Å². The van der Waals surface area contributed by atoms with Gasteiger partial charge in [-0.2, -0.15) is 8.61 Å². The lowest BCUT2D eigenvalue weighted by molar-refractivity contribution is -0.130. The highest BCUT2D eigenvalue weighted by molar-refractivity contribution is 7.92. The van der Waals surface area contributed by atoms with E-state index in [-0.39, 0.29) is 22.2 Å². The molecule has 0 radical (unpaired) electrons. The first-order chi connectivity index (χ1) is 14.8. The van der Waals surface area contributed by atoms with Crippen LogP contribution in [0.5, 0.6) is 0 Å². The summed E-state index contributed by atoms with van der Waals surface area (Å²) >= 11 is 0. The number of nitrogens with zero attached hydrogens (tertiary/aromatic N) is 4. The van der Waals surface area contributed by atoms with Crippen molar-refractivity contribution in [1.29, 1.82) is 0 Å². The third kappa shape index (κ3) is 4.69. The molecule has 3 aliphatic heterocycles. The lowest BCUT2D eigenvalue weighted by Crippen LogP contribution is -2.38. The van der Waals surface area contributed by atoms with Gasteiger partial charge in [-0.25, -0.2) is 16.8 Å². The number of aromatic nitrogens is 1. The molecule has 1 amide bonds. The maximum Gasteiger partial charge on any atom is 0.245 e. The van der Waals surface area contributed by atoms with Crippen LogP contribution in [0.15, 0.2) is 22.2 Å². The fraction of sp³-hybridized carbons (Fsp3) is 0.750. The summed E-state index contributed by atoms with van der Waals surface area (Å²) in [6.45, 7) is 2.90. The third-order valence-electron chi connectivity index (χ3n) is 6.45. The van der Waals surface area contributed by atoms with Gasteiger partial charge in [0.2, 0.25) is 26.0 Å². The van der Waals surface area contributed by atoms with Gasteiger partial charge < -0.3 is 9.47 Å². The fourth-order valence-electron chi connectivity index (χ4n) is 4.66. The second-order valence-electron chi connectivity index (χ2n) is 8.68. The zero-order valence-corrected chi connectivity index (χ0v) is 19.5. The summed E-state index contributed by atoms with van der Waals surface area (Å²) in [5, 5.41) is 0. The molecule has 1 aromatic rings. The van der Waals surface area contributed by atoms with Gasteiger partial charge in [-0.1, -0.05) is 12.8 Å². The van der Waals surface area contributed by atoms with E-state index in [1.807, 2.05) is 0 Å². The summed E-state index contributed by atoms with van der Waals surface area (Å²) in [6, 6.07) is 0. The van der Waals surface area contributed by atoms with Crippen LogP contribution in [0.3, 0.4) is 0 Å². The molecule has 0 saturated carbocycles. The largest absolute Gasteiger partial charge is 0.342 e. The van der Waals surface area contributed by atoms with Crippen LogP contribution >= 0.6 is 0 Å². The summed E-state index contributed by atoms with van der Waals surface area (Å²) in [4.78, 5) is 14.0. The van der Waals surface area contributed by atoms with E-state index in [0.717, 1.165) is 51.4 Å². The minimum Gasteiger partial charge on any atom is -0.342 e. The first-order valence-corrected chi connectivity index (χ1v) is 14.2. The Hall–Kier alpha value is -1.43. The number of sulfonamides is 2. The minimum atomic E-state index is -3.97. The summed E-state index contributed by atoms with van der Waals surface area (Å²) in [7, 11) is -7.93. The van der Waals surface area contributed by atoms with Crippen molar-refractivity contribution in [2.45, 2.75) is 67.7 Å². The molecule has 0 N–H and O–H groups in total. The maximum atomic E-state index is 13.4. The van der Waals surface area contributed by atoms with E-state index in [1.54, 1.807) is 4.90 Å². The summed E-state index contributed by atoms with van der Waals surface area (Å²) in [5.74, 6) is -0.114. The van der Waals surface area contributed by atoms with Crippen LogP contribution in [-0.2, 0) is 31.4 Å². The van der Waals surface area contributed by atoms with Gasteiger partial charge in [-0.05, 0) is 38.5 Å². The van der Waals surface area contributed by atoms with Crippen molar-refractivity contribution in [3.63, 3.8) is 0 Å². The van der Waals surface area contributed by atoms with Crippen molar-refractivity contribution < 1.29 is 21.6 Å². The van der Waals surface area contributed by atoms with Gasteiger partial charge in [0.1, 0.15) is 16.3 Å². The Kier molecular flexibility index (Phi) is 6.76.